The number of likely N-dealkylation sites (N-methyl/N-ethyl adjacent to an activating group) is 1. The number of aromatic nitrogens is 1. The van der Waals surface area contributed by atoms with E-state index < -0.39 is 5.97 Å². The highest BCUT2D eigenvalue weighted by atomic mass is 32.1. The Hall–Kier alpha value is -1.51. The van der Waals surface area contributed by atoms with Crippen molar-refractivity contribution in [1.82, 2.24) is 15.6 Å². The summed E-state index contributed by atoms with van der Waals surface area (Å²) in [6.45, 7) is 3.95. The number of carboxylic acids is 1. The lowest BCUT2D eigenvalue weighted by atomic mass is 10.0. The van der Waals surface area contributed by atoms with Crippen LogP contribution < -0.4 is 10.6 Å². The highest BCUT2D eigenvalue weighted by Gasteiger charge is 2.33. The molecule has 1 aliphatic rings. The number of ether oxygens (including phenoxy) is 1. The Morgan fingerprint density at radius 2 is 2.35 bits per heavy atom. The Labute approximate surface area is 120 Å². The lowest BCUT2D eigenvalue weighted by Gasteiger charge is -2.17. The highest BCUT2D eigenvalue weighted by Crippen LogP contribution is 2.15. The molecular weight excluding hydrogens is 282 g/mol. The van der Waals surface area contributed by atoms with E-state index in [4.69, 9.17) is 9.84 Å². The number of rotatable bonds is 6. The second kappa shape index (κ2) is 6.78. The fourth-order valence-electron chi connectivity index (χ4n) is 2.06. The van der Waals surface area contributed by atoms with Gasteiger partial charge in [-0.25, -0.2) is 9.78 Å². The van der Waals surface area contributed by atoms with Gasteiger partial charge in [0.05, 0.1) is 25.7 Å². The molecule has 0 bridgehead atoms. The Bertz CT molecular complexity index is 491. The number of aromatic carboxylic acids is 1. The summed E-state index contributed by atoms with van der Waals surface area (Å²) in [5.41, 5.74) is 0.00831. The summed E-state index contributed by atoms with van der Waals surface area (Å²) in [4.78, 5) is 26.7. The molecule has 0 radical (unpaired) electrons. The number of nitrogens with one attached hydrogen (secondary N) is 2. The second-order valence-corrected chi connectivity index (χ2v) is 5.40. The summed E-state index contributed by atoms with van der Waals surface area (Å²) in [6.07, 6.45) is 0. The third-order valence-electron chi connectivity index (χ3n) is 3.07. The van der Waals surface area contributed by atoms with Gasteiger partial charge in [0.25, 0.3) is 0 Å². The summed E-state index contributed by atoms with van der Waals surface area (Å²) in [7, 11) is 0. The molecule has 1 amide bonds. The van der Waals surface area contributed by atoms with Gasteiger partial charge >= 0.3 is 5.97 Å². The summed E-state index contributed by atoms with van der Waals surface area (Å²) in [6, 6.07) is 0.0332. The molecule has 1 aliphatic heterocycles. The summed E-state index contributed by atoms with van der Waals surface area (Å²) in [5, 5.41) is 16.8. The van der Waals surface area contributed by atoms with Crippen LogP contribution in [0.25, 0.3) is 0 Å². The molecule has 2 unspecified atom stereocenters. The monoisotopic (exact) mass is 299 g/mol. The molecule has 20 heavy (non-hydrogen) atoms. The van der Waals surface area contributed by atoms with E-state index in [0.29, 0.717) is 18.2 Å². The SMILES string of the molecule is CCNC1COCC1C(=O)NCc1nc(C(=O)O)cs1. The van der Waals surface area contributed by atoms with Gasteiger partial charge in [-0.05, 0) is 6.54 Å². The summed E-state index contributed by atoms with van der Waals surface area (Å²) >= 11 is 1.22. The maximum absolute atomic E-state index is 12.1. The minimum absolute atomic E-state index is 0.00831. The number of carbonyl (C=O) groups excluding carboxylic acids is 1. The van der Waals surface area contributed by atoms with Crippen molar-refractivity contribution in [2.45, 2.75) is 19.5 Å². The van der Waals surface area contributed by atoms with Crippen molar-refractivity contribution in [3.63, 3.8) is 0 Å². The molecule has 0 aromatic carbocycles. The zero-order valence-electron chi connectivity index (χ0n) is 11.1. The Morgan fingerprint density at radius 3 is 3.00 bits per heavy atom. The number of carboxylic acid groups (broad SMARTS) is 1. The molecule has 1 fully saturated rings. The van der Waals surface area contributed by atoms with Crippen LogP contribution in [0.4, 0.5) is 0 Å². The van der Waals surface area contributed by atoms with E-state index in [1.807, 2.05) is 6.92 Å². The van der Waals surface area contributed by atoms with Crippen LogP contribution >= 0.6 is 11.3 Å². The van der Waals surface area contributed by atoms with E-state index in [1.165, 1.54) is 16.7 Å². The molecule has 8 heteroatoms. The van der Waals surface area contributed by atoms with Crippen LogP contribution in [0.3, 0.4) is 0 Å². The first kappa shape index (κ1) is 14.9. The van der Waals surface area contributed by atoms with Gasteiger partial charge < -0.3 is 20.5 Å². The smallest absolute Gasteiger partial charge is 0.355 e. The van der Waals surface area contributed by atoms with Gasteiger partial charge in [0.2, 0.25) is 5.91 Å². The molecule has 3 N–H and O–H groups in total. The fourth-order valence-corrected chi connectivity index (χ4v) is 2.77. The Morgan fingerprint density at radius 1 is 1.55 bits per heavy atom. The van der Waals surface area contributed by atoms with Crippen molar-refractivity contribution in [3.8, 4) is 0 Å². The number of carbonyl (C=O) groups is 2. The van der Waals surface area contributed by atoms with Crippen LogP contribution in [0.5, 0.6) is 0 Å². The molecule has 2 rings (SSSR count). The van der Waals surface area contributed by atoms with Gasteiger partial charge in [0.15, 0.2) is 5.69 Å². The van der Waals surface area contributed by atoms with Crippen molar-refractivity contribution < 1.29 is 19.4 Å². The van der Waals surface area contributed by atoms with Crippen molar-refractivity contribution in [2.24, 2.45) is 5.92 Å². The van der Waals surface area contributed by atoms with Crippen molar-refractivity contribution in [3.05, 3.63) is 16.1 Å². The number of nitrogens with zero attached hydrogens (tertiary/aromatic N) is 1. The number of hydrogen-bond acceptors (Lipinski definition) is 6. The predicted octanol–water partition coefficient (Wildman–Crippen LogP) is 0.0820. The Balaban J connectivity index is 1.86. The average Bonchev–Trinajstić information content (AvgIpc) is 3.05. The van der Waals surface area contributed by atoms with E-state index in [1.54, 1.807) is 0 Å². The Kier molecular flexibility index (Phi) is 5.05. The first-order valence-corrected chi connectivity index (χ1v) is 7.26. The largest absolute Gasteiger partial charge is 0.476 e. The number of hydrogen-bond donors (Lipinski definition) is 3. The lowest BCUT2D eigenvalue weighted by Crippen LogP contribution is -2.43. The molecule has 0 spiro atoms. The van der Waals surface area contributed by atoms with Crippen LogP contribution in [0.1, 0.15) is 22.4 Å². The van der Waals surface area contributed by atoms with E-state index in [0.717, 1.165) is 6.54 Å². The molecule has 0 aliphatic carbocycles. The van der Waals surface area contributed by atoms with E-state index in [2.05, 4.69) is 15.6 Å². The molecule has 1 aromatic heterocycles. The summed E-state index contributed by atoms with van der Waals surface area (Å²) < 4.78 is 5.32. The van der Waals surface area contributed by atoms with Crippen molar-refractivity contribution >= 4 is 23.2 Å². The van der Waals surface area contributed by atoms with Crippen LogP contribution in [0, 0.1) is 5.92 Å². The molecule has 7 nitrogen and oxygen atoms in total. The van der Waals surface area contributed by atoms with Crippen molar-refractivity contribution in [1.29, 1.82) is 0 Å². The maximum Gasteiger partial charge on any atom is 0.355 e. The molecule has 2 atom stereocenters. The quantitative estimate of drug-likeness (QED) is 0.688. The molecule has 2 heterocycles. The van der Waals surface area contributed by atoms with Crippen LogP contribution in [-0.2, 0) is 16.1 Å². The molecular formula is C12H17N3O4S. The van der Waals surface area contributed by atoms with E-state index in [9.17, 15) is 9.59 Å². The normalized spacial score (nSPS) is 21.9. The van der Waals surface area contributed by atoms with Gasteiger partial charge in [-0.15, -0.1) is 11.3 Å². The minimum atomic E-state index is -1.06. The van der Waals surface area contributed by atoms with E-state index >= 15 is 0 Å². The molecule has 0 saturated carbocycles. The maximum atomic E-state index is 12.1. The first-order valence-electron chi connectivity index (χ1n) is 6.38. The fraction of sp³-hybridized carbons (Fsp3) is 0.583. The third kappa shape index (κ3) is 3.53. The van der Waals surface area contributed by atoms with Crippen LogP contribution in [-0.4, -0.2) is 47.8 Å². The van der Waals surface area contributed by atoms with Gasteiger partial charge in [0.1, 0.15) is 5.01 Å². The number of thiazole rings is 1. The first-order chi connectivity index (χ1) is 9.61. The molecule has 110 valence electrons. The standard InChI is InChI=1S/C12H17N3O4S/c1-2-13-8-5-19-4-7(8)11(16)14-3-10-15-9(6-20-10)12(17)18/h6-8,13H,2-5H2,1H3,(H,14,16)(H,17,18). The predicted molar refractivity (Wildman–Crippen MR) is 72.7 cm³/mol. The van der Waals surface area contributed by atoms with E-state index in [-0.39, 0.29) is 30.1 Å². The topological polar surface area (TPSA) is 101 Å². The zero-order chi connectivity index (χ0) is 14.5. The second-order valence-electron chi connectivity index (χ2n) is 4.46. The van der Waals surface area contributed by atoms with Gasteiger partial charge in [0, 0.05) is 11.4 Å². The number of amides is 1. The molecule has 1 aromatic rings. The lowest BCUT2D eigenvalue weighted by molar-refractivity contribution is -0.125. The van der Waals surface area contributed by atoms with Gasteiger partial charge in [-0.3, -0.25) is 4.79 Å². The average molecular weight is 299 g/mol. The third-order valence-corrected chi connectivity index (χ3v) is 3.92. The summed E-state index contributed by atoms with van der Waals surface area (Å²) in [5.74, 6) is -1.37. The molecule has 1 saturated heterocycles. The van der Waals surface area contributed by atoms with Gasteiger partial charge in [-0.2, -0.15) is 0 Å². The van der Waals surface area contributed by atoms with Crippen LogP contribution in [0.15, 0.2) is 5.38 Å². The van der Waals surface area contributed by atoms with Crippen molar-refractivity contribution in [2.75, 3.05) is 19.8 Å². The minimum Gasteiger partial charge on any atom is -0.476 e. The zero-order valence-corrected chi connectivity index (χ0v) is 11.9. The highest BCUT2D eigenvalue weighted by molar-refractivity contribution is 7.09. The van der Waals surface area contributed by atoms with Gasteiger partial charge in [-0.1, -0.05) is 6.92 Å². The van der Waals surface area contributed by atoms with Crippen LogP contribution in [0.2, 0.25) is 0 Å².